The lowest BCUT2D eigenvalue weighted by atomic mass is 10.1. The van der Waals surface area contributed by atoms with Crippen LogP contribution in [0.15, 0.2) is 108 Å². The Bertz CT molecular complexity index is 1280. The van der Waals surface area contributed by atoms with E-state index in [0.29, 0.717) is 11.3 Å². The lowest BCUT2D eigenvalue weighted by molar-refractivity contribution is -0.115. The highest BCUT2D eigenvalue weighted by atomic mass is 32.2. The molecule has 0 saturated carbocycles. The van der Waals surface area contributed by atoms with Crippen molar-refractivity contribution in [1.29, 1.82) is 0 Å². The summed E-state index contributed by atoms with van der Waals surface area (Å²) < 4.78 is 14.1. The number of rotatable bonds is 7. The summed E-state index contributed by atoms with van der Waals surface area (Å²) in [4.78, 5) is 26.4. The predicted molar refractivity (Wildman–Crippen MR) is 136 cm³/mol. The predicted octanol–water partition coefficient (Wildman–Crippen LogP) is 6.86. The molecular formula is C28H23FN2O2S. The number of carbonyl (C=O) groups is 2. The van der Waals surface area contributed by atoms with Crippen molar-refractivity contribution in [3.8, 4) is 0 Å². The number of benzene rings is 4. The van der Waals surface area contributed by atoms with E-state index >= 15 is 0 Å². The van der Waals surface area contributed by atoms with Crippen molar-refractivity contribution in [3.63, 3.8) is 0 Å². The lowest BCUT2D eigenvalue weighted by Gasteiger charge is -2.17. The Kier molecular flexibility index (Phi) is 7.40. The van der Waals surface area contributed by atoms with Gasteiger partial charge in [-0.1, -0.05) is 60.2 Å². The molecule has 1 atom stereocenters. The Balaban J connectivity index is 1.49. The van der Waals surface area contributed by atoms with Gasteiger partial charge in [-0.2, -0.15) is 0 Å². The third-order valence-corrected chi connectivity index (χ3v) is 6.42. The second-order valence-corrected chi connectivity index (χ2v) is 8.90. The maximum absolute atomic E-state index is 14.1. The maximum atomic E-state index is 14.1. The van der Waals surface area contributed by atoms with Crippen molar-refractivity contribution < 1.29 is 14.0 Å². The molecule has 6 heteroatoms. The van der Waals surface area contributed by atoms with Crippen molar-refractivity contribution in [3.05, 3.63) is 126 Å². The first-order valence-electron chi connectivity index (χ1n) is 10.7. The van der Waals surface area contributed by atoms with Crippen LogP contribution in [0.3, 0.4) is 0 Å². The van der Waals surface area contributed by atoms with Gasteiger partial charge in [0, 0.05) is 16.1 Å². The molecule has 0 radical (unpaired) electrons. The number of amides is 2. The number of carbonyl (C=O) groups excluding carboxylic acids is 2. The maximum Gasteiger partial charge on any atom is 0.255 e. The summed E-state index contributed by atoms with van der Waals surface area (Å²) in [7, 11) is 0. The van der Waals surface area contributed by atoms with Crippen LogP contribution in [0.5, 0.6) is 0 Å². The molecule has 2 N–H and O–H groups in total. The molecule has 0 spiro atoms. The molecule has 0 saturated heterocycles. The van der Waals surface area contributed by atoms with Gasteiger partial charge in [0.15, 0.2) is 0 Å². The van der Waals surface area contributed by atoms with E-state index in [2.05, 4.69) is 10.6 Å². The topological polar surface area (TPSA) is 58.2 Å². The molecule has 0 bridgehead atoms. The Hall–Kier alpha value is -3.90. The van der Waals surface area contributed by atoms with Gasteiger partial charge in [-0.3, -0.25) is 9.59 Å². The number of halogens is 1. The molecule has 4 aromatic rings. The summed E-state index contributed by atoms with van der Waals surface area (Å²) in [6.07, 6.45) is 0. The van der Waals surface area contributed by atoms with E-state index in [1.165, 1.54) is 23.9 Å². The molecule has 4 rings (SSSR count). The molecule has 4 nitrogen and oxygen atoms in total. The summed E-state index contributed by atoms with van der Waals surface area (Å²) in [5.41, 5.74) is 3.27. The SMILES string of the molecule is Cc1ccc(C(=O)Nc2ccc(SC(C(=O)Nc3ccccc3F)c3ccccc3)cc2)cc1. The minimum Gasteiger partial charge on any atom is -0.322 e. The minimum absolute atomic E-state index is 0.142. The first-order valence-corrected chi connectivity index (χ1v) is 11.6. The van der Waals surface area contributed by atoms with E-state index in [9.17, 15) is 14.0 Å². The molecule has 4 aromatic carbocycles. The molecule has 34 heavy (non-hydrogen) atoms. The molecule has 0 aliphatic carbocycles. The molecule has 0 aromatic heterocycles. The zero-order valence-corrected chi connectivity index (χ0v) is 19.3. The van der Waals surface area contributed by atoms with Crippen LogP contribution >= 0.6 is 11.8 Å². The lowest BCUT2D eigenvalue weighted by Crippen LogP contribution is -2.19. The van der Waals surface area contributed by atoms with Gasteiger partial charge in [-0.15, -0.1) is 11.8 Å². The van der Waals surface area contributed by atoms with Gasteiger partial charge in [-0.05, 0) is 61.0 Å². The number of thioether (sulfide) groups is 1. The standard InChI is InChI=1S/C28H23FN2O2S/c1-19-11-13-21(14-12-19)27(32)30-22-15-17-23(18-16-22)34-26(20-7-3-2-4-8-20)28(33)31-25-10-6-5-9-24(25)29/h2-18,26H,1H3,(H,30,32)(H,31,33). The fourth-order valence-corrected chi connectivity index (χ4v) is 4.35. The molecule has 2 amide bonds. The Morgan fingerprint density at radius 2 is 1.41 bits per heavy atom. The highest BCUT2D eigenvalue weighted by Crippen LogP contribution is 2.37. The van der Waals surface area contributed by atoms with Crippen molar-refractivity contribution >= 4 is 35.0 Å². The first kappa shape index (κ1) is 23.3. The van der Waals surface area contributed by atoms with Gasteiger partial charge in [0.25, 0.3) is 5.91 Å². The van der Waals surface area contributed by atoms with Gasteiger partial charge in [0.05, 0.1) is 5.69 Å². The average Bonchev–Trinajstić information content (AvgIpc) is 2.86. The van der Waals surface area contributed by atoms with Crippen molar-refractivity contribution in [2.45, 2.75) is 17.1 Å². The molecule has 170 valence electrons. The van der Waals surface area contributed by atoms with Gasteiger partial charge in [0.1, 0.15) is 11.1 Å². The fourth-order valence-electron chi connectivity index (χ4n) is 3.32. The van der Waals surface area contributed by atoms with Crippen LogP contribution in [-0.4, -0.2) is 11.8 Å². The van der Waals surface area contributed by atoms with E-state index in [0.717, 1.165) is 16.0 Å². The minimum atomic E-state index is -0.589. The van der Waals surface area contributed by atoms with Crippen molar-refractivity contribution in [1.82, 2.24) is 0 Å². The van der Waals surface area contributed by atoms with Gasteiger partial charge < -0.3 is 10.6 Å². The molecular weight excluding hydrogens is 447 g/mol. The van der Waals surface area contributed by atoms with Crippen LogP contribution in [0.4, 0.5) is 15.8 Å². The van der Waals surface area contributed by atoms with E-state index in [-0.39, 0.29) is 17.5 Å². The largest absolute Gasteiger partial charge is 0.322 e. The van der Waals surface area contributed by atoms with Gasteiger partial charge >= 0.3 is 0 Å². The highest BCUT2D eigenvalue weighted by Gasteiger charge is 2.23. The number of nitrogens with one attached hydrogen (secondary N) is 2. The summed E-state index contributed by atoms with van der Waals surface area (Å²) in [6, 6.07) is 30.1. The number of hydrogen-bond acceptors (Lipinski definition) is 3. The Morgan fingerprint density at radius 3 is 2.09 bits per heavy atom. The van der Waals surface area contributed by atoms with Crippen LogP contribution in [0.1, 0.15) is 26.7 Å². The molecule has 1 unspecified atom stereocenters. The Morgan fingerprint density at radius 1 is 0.765 bits per heavy atom. The quantitative estimate of drug-likeness (QED) is 0.290. The first-order chi connectivity index (χ1) is 16.5. The molecule has 0 fully saturated rings. The normalized spacial score (nSPS) is 11.5. The van der Waals surface area contributed by atoms with Crippen molar-refractivity contribution in [2.24, 2.45) is 0 Å². The zero-order chi connectivity index (χ0) is 23.9. The smallest absolute Gasteiger partial charge is 0.255 e. The highest BCUT2D eigenvalue weighted by molar-refractivity contribution is 8.00. The van der Waals surface area contributed by atoms with Gasteiger partial charge in [0.2, 0.25) is 5.91 Å². The van der Waals surface area contributed by atoms with E-state index < -0.39 is 11.1 Å². The summed E-state index contributed by atoms with van der Waals surface area (Å²) in [5, 5.41) is 4.99. The molecule has 0 aliphatic heterocycles. The number of hydrogen-bond donors (Lipinski definition) is 2. The number of para-hydroxylation sites is 1. The van der Waals surface area contributed by atoms with E-state index in [4.69, 9.17) is 0 Å². The summed E-state index contributed by atoms with van der Waals surface area (Å²) in [5.74, 6) is -0.994. The average molecular weight is 471 g/mol. The second-order valence-electron chi connectivity index (χ2n) is 7.72. The van der Waals surface area contributed by atoms with E-state index in [1.807, 2.05) is 61.5 Å². The number of anilines is 2. The summed E-state index contributed by atoms with van der Waals surface area (Å²) >= 11 is 1.35. The van der Waals surface area contributed by atoms with Crippen molar-refractivity contribution in [2.75, 3.05) is 10.6 Å². The van der Waals surface area contributed by atoms with Crippen LogP contribution in [0, 0.1) is 12.7 Å². The third kappa shape index (κ3) is 5.91. The molecule has 0 heterocycles. The van der Waals surface area contributed by atoms with Crippen LogP contribution in [0.2, 0.25) is 0 Å². The Labute approximate surface area is 202 Å². The van der Waals surface area contributed by atoms with Gasteiger partial charge in [-0.25, -0.2) is 4.39 Å². The zero-order valence-electron chi connectivity index (χ0n) is 18.5. The van der Waals surface area contributed by atoms with Crippen LogP contribution in [0.25, 0.3) is 0 Å². The monoisotopic (exact) mass is 470 g/mol. The number of aryl methyl sites for hydroxylation is 1. The second kappa shape index (κ2) is 10.8. The summed E-state index contributed by atoms with van der Waals surface area (Å²) in [6.45, 7) is 1.97. The fraction of sp³-hybridized carbons (Fsp3) is 0.0714. The van der Waals surface area contributed by atoms with Crippen LogP contribution in [-0.2, 0) is 4.79 Å². The third-order valence-electron chi connectivity index (χ3n) is 5.15. The van der Waals surface area contributed by atoms with E-state index in [1.54, 1.807) is 36.4 Å². The van der Waals surface area contributed by atoms with Crippen LogP contribution < -0.4 is 10.6 Å². The molecule has 0 aliphatic rings.